The van der Waals surface area contributed by atoms with Crippen molar-refractivity contribution in [3.63, 3.8) is 0 Å². The summed E-state index contributed by atoms with van der Waals surface area (Å²) in [6, 6.07) is 6.97. The van der Waals surface area contributed by atoms with E-state index in [0.29, 0.717) is 12.2 Å². The monoisotopic (exact) mass is 479 g/mol. The second-order valence-electron chi connectivity index (χ2n) is 11.4. The second-order valence-corrected chi connectivity index (χ2v) is 17.0. The summed E-state index contributed by atoms with van der Waals surface area (Å²) in [5.41, 5.74) is -0.0395. The Morgan fingerprint density at radius 2 is 1.58 bits per heavy atom. The Labute approximate surface area is 199 Å². The van der Waals surface area contributed by atoms with Crippen molar-refractivity contribution >= 4 is 26.0 Å². The normalized spacial score (nSPS) is 13.2. The molecular weight excluding hydrogens is 438 g/mol. The smallest absolute Gasteiger partial charge is 0.338 e. The summed E-state index contributed by atoms with van der Waals surface area (Å²) >= 11 is 0. The van der Waals surface area contributed by atoms with Gasteiger partial charge >= 0.3 is 17.9 Å². The van der Waals surface area contributed by atoms with Crippen molar-refractivity contribution in [2.75, 3.05) is 6.61 Å². The van der Waals surface area contributed by atoms with Gasteiger partial charge < -0.3 is 14.2 Å². The van der Waals surface area contributed by atoms with E-state index < -0.39 is 43.2 Å². The Bertz CT molecular complexity index is 817. The first-order valence-corrected chi connectivity index (χ1v) is 15.1. The summed E-state index contributed by atoms with van der Waals surface area (Å²) in [6.45, 7) is 18.0. The third-order valence-electron chi connectivity index (χ3n) is 4.29. The van der Waals surface area contributed by atoms with E-state index >= 15 is 0 Å². The lowest BCUT2D eigenvalue weighted by molar-refractivity contribution is -0.159. The van der Waals surface area contributed by atoms with Crippen molar-refractivity contribution in [3.05, 3.63) is 35.4 Å². The Morgan fingerprint density at radius 3 is 2.12 bits per heavy atom. The lowest BCUT2D eigenvalue weighted by atomic mass is 10.1. The highest BCUT2D eigenvalue weighted by atomic mass is 28.3. The van der Waals surface area contributed by atoms with E-state index in [0.717, 1.165) is 11.6 Å². The molecule has 33 heavy (non-hydrogen) atoms. The van der Waals surface area contributed by atoms with Crippen LogP contribution in [0.5, 0.6) is 0 Å². The van der Waals surface area contributed by atoms with E-state index in [9.17, 15) is 14.4 Å². The van der Waals surface area contributed by atoms with E-state index in [1.54, 1.807) is 39.0 Å². The number of hydrogen-bond donors (Lipinski definition) is 1. The number of benzene rings is 1. The van der Waals surface area contributed by atoms with Crippen LogP contribution in [0, 0.1) is 0 Å². The molecule has 0 aliphatic heterocycles. The molecule has 0 spiro atoms. The van der Waals surface area contributed by atoms with Crippen molar-refractivity contribution in [2.45, 2.75) is 97.4 Å². The molecule has 0 aliphatic carbocycles. The molecule has 0 radical (unpaired) electrons. The summed E-state index contributed by atoms with van der Waals surface area (Å²) in [4.78, 5) is 37.5. The molecule has 0 fully saturated rings. The van der Waals surface area contributed by atoms with Crippen LogP contribution in [0.4, 0.5) is 0 Å². The molecule has 7 nitrogen and oxygen atoms in total. The van der Waals surface area contributed by atoms with Crippen molar-refractivity contribution < 1.29 is 28.6 Å². The highest BCUT2D eigenvalue weighted by Gasteiger charge is 2.27. The van der Waals surface area contributed by atoms with Crippen LogP contribution in [0.2, 0.25) is 25.7 Å². The fourth-order valence-electron chi connectivity index (χ4n) is 2.73. The largest absolute Gasteiger partial charge is 0.465 e. The number of rotatable bonds is 10. The quantitative estimate of drug-likeness (QED) is 0.295. The highest BCUT2D eigenvalue weighted by molar-refractivity contribution is 6.76. The molecule has 0 amide bonds. The molecule has 0 aliphatic rings. The molecule has 8 heteroatoms. The topological polar surface area (TPSA) is 90.9 Å². The fourth-order valence-corrected chi connectivity index (χ4v) is 3.45. The molecule has 1 N–H and O–H groups in total. The van der Waals surface area contributed by atoms with Crippen molar-refractivity contribution in [1.29, 1.82) is 0 Å². The van der Waals surface area contributed by atoms with E-state index in [1.807, 2.05) is 26.8 Å². The summed E-state index contributed by atoms with van der Waals surface area (Å²) in [5, 5.41) is 3.10. The molecule has 0 saturated carbocycles. The lowest BCUT2D eigenvalue weighted by Gasteiger charge is -2.23. The number of carbonyl (C=O) groups excluding carboxylic acids is 3. The van der Waals surface area contributed by atoms with Crippen molar-refractivity contribution in [2.24, 2.45) is 0 Å². The van der Waals surface area contributed by atoms with Crippen LogP contribution in [0.3, 0.4) is 0 Å². The predicted octanol–water partition coefficient (Wildman–Crippen LogP) is 4.71. The Kier molecular flexibility index (Phi) is 10.3. The Morgan fingerprint density at radius 1 is 0.970 bits per heavy atom. The second kappa shape index (κ2) is 11.8. The number of ether oxygens (including phenoxy) is 3. The van der Waals surface area contributed by atoms with Crippen LogP contribution < -0.4 is 5.32 Å². The summed E-state index contributed by atoms with van der Waals surface area (Å²) in [5.74, 6) is -1.38. The maximum absolute atomic E-state index is 12.7. The predicted molar refractivity (Wildman–Crippen MR) is 132 cm³/mol. The fraction of sp³-hybridized carbons (Fsp3) is 0.640. The molecule has 1 unspecified atom stereocenters. The Balaban J connectivity index is 2.88. The van der Waals surface area contributed by atoms with E-state index in [-0.39, 0.29) is 13.0 Å². The molecule has 0 aromatic heterocycles. The van der Waals surface area contributed by atoms with E-state index in [4.69, 9.17) is 14.2 Å². The van der Waals surface area contributed by atoms with Gasteiger partial charge in [0, 0.05) is 14.6 Å². The van der Waals surface area contributed by atoms with Crippen LogP contribution in [0.15, 0.2) is 24.3 Å². The van der Waals surface area contributed by atoms with Crippen LogP contribution >= 0.6 is 0 Å². The average molecular weight is 480 g/mol. The average Bonchev–Trinajstić information content (AvgIpc) is 2.61. The van der Waals surface area contributed by atoms with Gasteiger partial charge in [-0.2, -0.15) is 0 Å². The number of nitrogens with one attached hydrogen (secondary N) is 1. The molecule has 1 aromatic rings. The maximum Gasteiger partial charge on any atom is 0.338 e. The van der Waals surface area contributed by atoms with Crippen LogP contribution in [0.1, 0.15) is 63.9 Å². The Hall–Kier alpha value is -2.19. The van der Waals surface area contributed by atoms with E-state index in [2.05, 4.69) is 25.0 Å². The minimum Gasteiger partial charge on any atom is -0.465 e. The third-order valence-corrected chi connectivity index (χ3v) is 5.99. The molecule has 0 heterocycles. The molecule has 1 rings (SSSR count). The first-order valence-electron chi connectivity index (χ1n) is 11.4. The van der Waals surface area contributed by atoms with Gasteiger partial charge in [-0.25, -0.2) is 4.79 Å². The molecule has 0 bridgehead atoms. The molecule has 186 valence electrons. The van der Waals surface area contributed by atoms with Crippen LogP contribution in [0.25, 0.3) is 0 Å². The minimum absolute atomic E-state index is 0.144. The third kappa shape index (κ3) is 13.2. The van der Waals surface area contributed by atoms with Gasteiger partial charge in [0.05, 0.1) is 18.6 Å². The zero-order chi connectivity index (χ0) is 25.4. The van der Waals surface area contributed by atoms with Gasteiger partial charge in [0.2, 0.25) is 0 Å². The molecule has 1 aromatic carbocycles. The molecule has 0 saturated heterocycles. The summed E-state index contributed by atoms with van der Waals surface area (Å²) in [6.07, 6.45) is -0.144. The highest BCUT2D eigenvalue weighted by Crippen LogP contribution is 2.15. The standard InChI is InChI=1S/C25H41NO6Si/c1-24(2,3)31-21(27)16-20(23(29)30-13-14-33(7,8)9)26-17-18-11-10-12-19(15-18)22(28)32-25(4,5)6/h10-12,15,20,26H,13-14,16-17H2,1-9H3. The van der Waals surface area contributed by atoms with Gasteiger partial charge in [0.1, 0.15) is 17.2 Å². The zero-order valence-electron chi connectivity index (χ0n) is 21.7. The van der Waals surface area contributed by atoms with Gasteiger partial charge in [-0.3, -0.25) is 14.9 Å². The van der Waals surface area contributed by atoms with Gasteiger partial charge in [-0.05, 0) is 65.3 Å². The molecular formula is C25H41NO6Si. The van der Waals surface area contributed by atoms with Crippen LogP contribution in [-0.4, -0.2) is 49.8 Å². The van der Waals surface area contributed by atoms with Crippen LogP contribution in [-0.2, 0) is 30.3 Å². The van der Waals surface area contributed by atoms with Gasteiger partial charge in [0.15, 0.2) is 0 Å². The van der Waals surface area contributed by atoms with Gasteiger partial charge in [0.25, 0.3) is 0 Å². The van der Waals surface area contributed by atoms with Crippen molar-refractivity contribution in [3.8, 4) is 0 Å². The SMILES string of the molecule is CC(C)(C)OC(=O)CC(NCc1cccc(C(=O)OC(C)(C)C)c1)C(=O)OCC[Si](C)(C)C. The van der Waals surface area contributed by atoms with Crippen molar-refractivity contribution in [1.82, 2.24) is 5.32 Å². The summed E-state index contributed by atoms with van der Waals surface area (Å²) < 4.78 is 16.3. The first-order chi connectivity index (χ1) is 15.0. The van der Waals surface area contributed by atoms with Gasteiger partial charge in [-0.1, -0.05) is 31.8 Å². The zero-order valence-corrected chi connectivity index (χ0v) is 22.7. The lowest BCUT2D eigenvalue weighted by Crippen LogP contribution is -2.41. The van der Waals surface area contributed by atoms with E-state index in [1.165, 1.54) is 0 Å². The number of esters is 3. The maximum atomic E-state index is 12.7. The minimum atomic E-state index is -1.36. The first kappa shape index (κ1) is 28.8. The molecule has 1 atom stereocenters. The number of carbonyl (C=O) groups is 3. The summed E-state index contributed by atoms with van der Waals surface area (Å²) in [7, 11) is -1.36. The number of hydrogen-bond acceptors (Lipinski definition) is 7. The van der Waals surface area contributed by atoms with Gasteiger partial charge in [-0.15, -0.1) is 0 Å².